The lowest BCUT2D eigenvalue weighted by Crippen LogP contribution is -2.55. The van der Waals surface area contributed by atoms with Crippen molar-refractivity contribution < 1.29 is 9.53 Å². The minimum absolute atomic E-state index is 0.219. The van der Waals surface area contributed by atoms with Gasteiger partial charge in [0.15, 0.2) is 0 Å². The zero-order chi connectivity index (χ0) is 21.9. The van der Waals surface area contributed by atoms with E-state index in [1.807, 2.05) is 18.2 Å². The van der Waals surface area contributed by atoms with Gasteiger partial charge < -0.3 is 19.9 Å². The van der Waals surface area contributed by atoms with Gasteiger partial charge in [-0.15, -0.1) is 0 Å². The first kappa shape index (κ1) is 19.6. The highest BCUT2D eigenvalue weighted by Crippen LogP contribution is 2.56. The zero-order valence-electron chi connectivity index (χ0n) is 18.6. The molecule has 2 aromatic heterocycles. The van der Waals surface area contributed by atoms with Crippen LogP contribution in [0.5, 0.6) is 11.5 Å². The molecule has 1 aromatic carbocycles. The van der Waals surface area contributed by atoms with Crippen LogP contribution in [0.4, 0.5) is 5.95 Å². The predicted molar refractivity (Wildman–Crippen MR) is 123 cm³/mol. The molecule has 0 aliphatic heterocycles. The summed E-state index contributed by atoms with van der Waals surface area (Å²) in [4.78, 5) is 20.9. The quantitative estimate of drug-likeness (QED) is 0.622. The summed E-state index contributed by atoms with van der Waals surface area (Å²) >= 11 is 0. The van der Waals surface area contributed by atoms with E-state index in [-0.39, 0.29) is 11.4 Å². The predicted octanol–water partition coefficient (Wildman–Crippen LogP) is 4.50. The van der Waals surface area contributed by atoms with Gasteiger partial charge in [-0.05, 0) is 74.5 Å². The average Bonchev–Trinajstić information content (AvgIpc) is 3.06. The van der Waals surface area contributed by atoms with Crippen LogP contribution in [0.1, 0.15) is 49.0 Å². The topological polar surface area (TPSA) is 81.1 Å². The van der Waals surface area contributed by atoms with Crippen molar-refractivity contribution in [1.82, 2.24) is 19.9 Å². The Morgan fingerprint density at radius 1 is 1.06 bits per heavy atom. The van der Waals surface area contributed by atoms with Gasteiger partial charge in [0, 0.05) is 38.0 Å². The molecule has 32 heavy (non-hydrogen) atoms. The number of hydrogen-bond acceptors (Lipinski definition) is 5. The van der Waals surface area contributed by atoms with Gasteiger partial charge >= 0.3 is 0 Å². The van der Waals surface area contributed by atoms with E-state index in [0.717, 1.165) is 34.7 Å². The van der Waals surface area contributed by atoms with Crippen molar-refractivity contribution in [2.45, 2.75) is 44.1 Å². The van der Waals surface area contributed by atoms with E-state index >= 15 is 0 Å². The molecule has 2 heterocycles. The zero-order valence-corrected chi connectivity index (χ0v) is 18.6. The highest BCUT2D eigenvalue weighted by Gasteiger charge is 2.51. The van der Waals surface area contributed by atoms with Crippen LogP contribution in [0.2, 0.25) is 0 Å². The van der Waals surface area contributed by atoms with Gasteiger partial charge in [0.1, 0.15) is 17.2 Å². The smallest absolute Gasteiger partial charge is 0.269 e. The molecular weight excluding hydrogens is 402 g/mol. The number of benzene rings is 1. The SMILES string of the molecule is CNC(=O)c1cc(Oc2ccc3c(c2)nc(NC24CC5CC(CC(C5)C2)C4)n3C)ccn1. The molecule has 2 N–H and O–H groups in total. The van der Waals surface area contributed by atoms with Gasteiger partial charge in [-0.3, -0.25) is 9.78 Å². The molecule has 166 valence electrons. The molecule has 0 atom stereocenters. The Bertz CT molecular complexity index is 1160. The Kier molecular flexibility index (Phi) is 4.42. The molecule has 3 aromatic rings. The molecule has 4 bridgehead atoms. The summed E-state index contributed by atoms with van der Waals surface area (Å²) in [5.74, 6) is 4.64. The van der Waals surface area contributed by atoms with E-state index in [9.17, 15) is 4.79 Å². The molecule has 7 heteroatoms. The van der Waals surface area contributed by atoms with Crippen LogP contribution in [0.25, 0.3) is 11.0 Å². The molecule has 0 unspecified atom stereocenters. The van der Waals surface area contributed by atoms with Crippen molar-refractivity contribution in [1.29, 1.82) is 0 Å². The van der Waals surface area contributed by atoms with Gasteiger partial charge in [-0.2, -0.15) is 0 Å². The Balaban J connectivity index is 1.26. The second-order valence-electron chi connectivity index (χ2n) is 10.0. The highest BCUT2D eigenvalue weighted by atomic mass is 16.5. The number of nitrogens with zero attached hydrogens (tertiary/aromatic N) is 3. The van der Waals surface area contributed by atoms with Gasteiger partial charge in [0.25, 0.3) is 5.91 Å². The minimum atomic E-state index is -0.240. The van der Waals surface area contributed by atoms with Crippen molar-refractivity contribution in [3.05, 3.63) is 42.2 Å². The average molecular weight is 432 g/mol. The first-order valence-electron chi connectivity index (χ1n) is 11.6. The Morgan fingerprint density at radius 2 is 1.75 bits per heavy atom. The molecule has 0 spiro atoms. The van der Waals surface area contributed by atoms with Crippen LogP contribution in [-0.2, 0) is 7.05 Å². The number of rotatable bonds is 5. The Morgan fingerprint density at radius 3 is 2.44 bits per heavy atom. The van der Waals surface area contributed by atoms with Crippen LogP contribution in [0, 0.1) is 17.8 Å². The second-order valence-corrected chi connectivity index (χ2v) is 10.0. The van der Waals surface area contributed by atoms with Crippen LogP contribution in [0.3, 0.4) is 0 Å². The number of aromatic nitrogens is 3. The number of aryl methyl sites for hydroxylation is 1. The fraction of sp³-hybridized carbons (Fsp3) is 0.480. The van der Waals surface area contributed by atoms with Crippen LogP contribution in [-0.4, -0.2) is 33.0 Å². The lowest BCUT2D eigenvalue weighted by atomic mass is 9.53. The maximum atomic E-state index is 11.8. The van der Waals surface area contributed by atoms with Crippen molar-refractivity contribution in [2.75, 3.05) is 12.4 Å². The van der Waals surface area contributed by atoms with Crippen molar-refractivity contribution in [3.63, 3.8) is 0 Å². The standard InChI is InChI=1S/C25H29N5O2/c1-26-23(31)21-11-19(5-6-27-21)32-18-3-4-22-20(10-18)28-24(30(22)2)29-25-12-15-7-16(13-25)9-17(8-15)14-25/h3-6,10-11,15-17H,7-9,12-14H2,1-2H3,(H,26,31)(H,28,29). The molecule has 0 radical (unpaired) electrons. The van der Waals surface area contributed by atoms with E-state index in [2.05, 4.69) is 27.2 Å². The summed E-state index contributed by atoms with van der Waals surface area (Å²) in [6.07, 6.45) is 9.72. The largest absolute Gasteiger partial charge is 0.457 e. The maximum Gasteiger partial charge on any atom is 0.269 e. The number of carbonyl (C=O) groups is 1. The third kappa shape index (κ3) is 3.31. The number of anilines is 1. The van der Waals surface area contributed by atoms with Gasteiger partial charge in [-0.25, -0.2) is 4.98 Å². The third-order valence-electron chi connectivity index (χ3n) is 7.69. The van der Waals surface area contributed by atoms with Gasteiger partial charge in [0.05, 0.1) is 11.0 Å². The van der Waals surface area contributed by atoms with Gasteiger partial charge in [0.2, 0.25) is 5.95 Å². The van der Waals surface area contributed by atoms with E-state index in [1.54, 1.807) is 25.4 Å². The number of hydrogen-bond donors (Lipinski definition) is 2. The summed E-state index contributed by atoms with van der Waals surface area (Å²) in [5, 5.41) is 6.48. The lowest BCUT2D eigenvalue weighted by Gasteiger charge is -2.57. The van der Waals surface area contributed by atoms with Crippen LogP contribution in [0.15, 0.2) is 36.5 Å². The fourth-order valence-corrected chi connectivity index (χ4v) is 6.72. The molecule has 4 aliphatic carbocycles. The molecule has 4 aliphatic rings. The van der Waals surface area contributed by atoms with E-state index in [4.69, 9.17) is 9.72 Å². The summed E-state index contributed by atoms with van der Waals surface area (Å²) in [7, 11) is 3.67. The summed E-state index contributed by atoms with van der Waals surface area (Å²) < 4.78 is 8.18. The fourth-order valence-electron chi connectivity index (χ4n) is 6.72. The lowest BCUT2D eigenvalue weighted by molar-refractivity contribution is 0.0103. The number of ether oxygens (including phenoxy) is 1. The van der Waals surface area contributed by atoms with E-state index in [1.165, 1.54) is 38.5 Å². The monoisotopic (exact) mass is 431 g/mol. The van der Waals surface area contributed by atoms with Crippen molar-refractivity contribution >= 4 is 22.9 Å². The first-order valence-corrected chi connectivity index (χ1v) is 11.6. The number of amides is 1. The number of fused-ring (bicyclic) bond motifs is 1. The second kappa shape index (κ2) is 7.22. The van der Waals surface area contributed by atoms with E-state index in [0.29, 0.717) is 17.2 Å². The number of pyridine rings is 1. The maximum absolute atomic E-state index is 11.8. The third-order valence-corrected chi connectivity index (χ3v) is 7.69. The molecule has 0 saturated heterocycles. The Labute approximate surface area is 187 Å². The molecule has 4 saturated carbocycles. The summed E-state index contributed by atoms with van der Waals surface area (Å²) in [6, 6.07) is 9.33. The van der Waals surface area contributed by atoms with Crippen molar-refractivity contribution in [3.8, 4) is 11.5 Å². The first-order chi connectivity index (χ1) is 15.5. The molecule has 1 amide bonds. The summed E-state index contributed by atoms with van der Waals surface area (Å²) in [5.41, 5.74) is 2.52. The molecular formula is C25H29N5O2. The van der Waals surface area contributed by atoms with Gasteiger partial charge in [-0.1, -0.05) is 0 Å². The number of carbonyl (C=O) groups excluding carboxylic acids is 1. The molecule has 7 rings (SSSR count). The normalized spacial score (nSPS) is 28.1. The highest BCUT2D eigenvalue weighted by molar-refractivity contribution is 5.92. The number of nitrogens with one attached hydrogen (secondary N) is 2. The molecule has 7 nitrogen and oxygen atoms in total. The van der Waals surface area contributed by atoms with E-state index < -0.39 is 0 Å². The van der Waals surface area contributed by atoms with Crippen LogP contribution >= 0.6 is 0 Å². The summed E-state index contributed by atoms with van der Waals surface area (Å²) in [6.45, 7) is 0. The minimum Gasteiger partial charge on any atom is -0.457 e. The molecule has 4 fully saturated rings. The Hall–Kier alpha value is -3.09. The number of imidazole rings is 1. The van der Waals surface area contributed by atoms with Crippen molar-refractivity contribution in [2.24, 2.45) is 24.8 Å². The van der Waals surface area contributed by atoms with Crippen LogP contribution < -0.4 is 15.4 Å².